The second kappa shape index (κ2) is 15.1. The number of rotatable bonds is 7. The Bertz CT molecular complexity index is 2430. The summed E-state index contributed by atoms with van der Waals surface area (Å²) in [6.07, 6.45) is 16.1. The van der Waals surface area contributed by atoms with Crippen LogP contribution in [0.25, 0.3) is 39.0 Å². The Balaban J connectivity index is 0.956. The predicted molar refractivity (Wildman–Crippen MR) is 231 cm³/mol. The molecule has 54 heavy (non-hydrogen) atoms. The van der Waals surface area contributed by atoms with Crippen molar-refractivity contribution >= 4 is 30.3 Å². The Hall–Kier alpha value is -5.51. The molecule has 0 radical (unpaired) electrons. The zero-order valence-electron chi connectivity index (χ0n) is 30.5. The van der Waals surface area contributed by atoms with Gasteiger partial charge in [0.2, 0.25) is 0 Å². The molecule has 0 N–H and O–H groups in total. The summed E-state index contributed by atoms with van der Waals surface area (Å²) in [5.74, 6) is 0.929. The van der Waals surface area contributed by atoms with Gasteiger partial charge in [0.25, 0.3) is 0 Å². The summed E-state index contributed by atoms with van der Waals surface area (Å²) in [7, 11) is 0. The number of allylic oxidation sites excluding steroid dienone is 3. The standard InChI is InChI=1S/C51H44N2S/c54-49-19-8-5-14-44(49)35-53-50(40-26-24-38(25-27-40)37-12-3-1-4-13-37)52-34-36-20-22-39(23-21-36)41-15-11-16-42(32-41)43-28-29-48-46(33-43)45-17-6-7-18-47(45)51(48)30-9-2-10-31-51/h1,3-8,11-26,28-29,32-34,40,54H,2,9-10,27,30-31,35H2. The minimum atomic E-state index is 0.101. The summed E-state index contributed by atoms with van der Waals surface area (Å²) in [6.45, 7) is 0.541. The Labute approximate surface area is 325 Å². The van der Waals surface area contributed by atoms with Gasteiger partial charge in [-0.1, -0.05) is 165 Å². The molecule has 3 aliphatic carbocycles. The van der Waals surface area contributed by atoms with Crippen LogP contribution in [-0.2, 0) is 12.0 Å². The summed E-state index contributed by atoms with van der Waals surface area (Å²) >= 11 is 4.67. The molecule has 6 aromatic rings. The van der Waals surface area contributed by atoms with E-state index >= 15 is 0 Å². The number of fused-ring (bicyclic) bond motifs is 5. The second-order valence-corrected chi connectivity index (χ2v) is 15.4. The quantitative estimate of drug-likeness (QED) is 0.0967. The molecule has 1 fully saturated rings. The van der Waals surface area contributed by atoms with Crippen molar-refractivity contribution < 1.29 is 0 Å². The maximum Gasteiger partial charge on any atom is 0.130 e. The van der Waals surface area contributed by atoms with Gasteiger partial charge in [-0.05, 0) is 104 Å². The number of hydrogen-bond donors (Lipinski definition) is 1. The lowest BCUT2D eigenvalue weighted by Crippen LogP contribution is -2.27. The van der Waals surface area contributed by atoms with Gasteiger partial charge >= 0.3 is 0 Å². The van der Waals surface area contributed by atoms with Crippen molar-refractivity contribution in [3.05, 3.63) is 192 Å². The van der Waals surface area contributed by atoms with Gasteiger partial charge in [0.15, 0.2) is 0 Å². The first kappa shape index (κ1) is 34.3. The molecule has 0 heterocycles. The fraction of sp³-hybridized carbons (Fsp3) is 0.176. The van der Waals surface area contributed by atoms with Gasteiger partial charge in [0.05, 0.1) is 6.54 Å². The lowest BCUT2D eigenvalue weighted by Gasteiger charge is -2.36. The van der Waals surface area contributed by atoms with Gasteiger partial charge in [-0.25, -0.2) is 4.99 Å². The first-order chi connectivity index (χ1) is 26.6. The molecular formula is C51H44N2S. The molecule has 1 unspecified atom stereocenters. The van der Waals surface area contributed by atoms with E-state index in [1.165, 1.54) is 82.2 Å². The van der Waals surface area contributed by atoms with Crippen LogP contribution in [0.5, 0.6) is 0 Å². The molecule has 0 amide bonds. The van der Waals surface area contributed by atoms with E-state index in [4.69, 9.17) is 9.98 Å². The van der Waals surface area contributed by atoms with Crippen LogP contribution in [0.4, 0.5) is 0 Å². The van der Waals surface area contributed by atoms with Crippen molar-refractivity contribution in [2.24, 2.45) is 15.9 Å². The molecule has 2 nitrogen and oxygen atoms in total. The number of amidine groups is 1. The molecule has 3 heteroatoms. The monoisotopic (exact) mass is 716 g/mol. The summed E-state index contributed by atoms with van der Waals surface area (Å²) in [4.78, 5) is 11.0. The largest absolute Gasteiger partial charge is 0.265 e. The Morgan fingerprint density at radius 2 is 1.31 bits per heavy atom. The zero-order chi connectivity index (χ0) is 36.3. The van der Waals surface area contributed by atoms with E-state index in [0.717, 1.165) is 28.3 Å². The molecule has 1 saturated carbocycles. The highest BCUT2D eigenvalue weighted by atomic mass is 32.1. The van der Waals surface area contributed by atoms with Crippen LogP contribution in [0.15, 0.2) is 179 Å². The molecule has 0 aliphatic heterocycles. The maximum absolute atomic E-state index is 5.04. The van der Waals surface area contributed by atoms with Crippen LogP contribution in [0.3, 0.4) is 0 Å². The molecule has 0 saturated heterocycles. The van der Waals surface area contributed by atoms with Crippen LogP contribution in [0, 0.1) is 5.92 Å². The average Bonchev–Trinajstić information content (AvgIpc) is 3.50. The van der Waals surface area contributed by atoms with Crippen molar-refractivity contribution in [1.82, 2.24) is 0 Å². The summed E-state index contributed by atoms with van der Waals surface area (Å²) in [5, 5.41) is 0. The molecule has 1 spiro atoms. The smallest absolute Gasteiger partial charge is 0.130 e. The van der Waals surface area contributed by atoms with Gasteiger partial charge in [-0.3, -0.25) is 4.99 Å². The lowest BCUT2D eigenvalue weighted by molar-refractivity contribution is 0.353. The summed E-state index contributed by atoms with van der Waals surface area (Å²) < 4.78 is 0. The Morgan fingerprint density at radius 1 is 0.630 bits per heavy atom. The highest BCUT2D eigenvalue weighted by Gasteiger charge is 2.43. The first-order valence-electron chi connectivity index (χ1n) is 19.4. The fourth-order valence-electron chi connectivity index (χ4n) is 8.84. The van der Waals surface area contributed by atoms with E-state index in [2.05, 4.69) is 158 Å². The van der Waals surface area contributed by atoms with E-state index in [1.54, 1.807) is 5.56 Å². The van der Waals surface area contributed by atoms with Crippen molar-refractivity contribution in [2.45, 2.75) is 55.4 Å². The average molecular weight is 717 g/mol. The van der Waals surface area contributed by atoms with E-state index in [-0.39, 0.29) is 11.3 Å². The molecule has 0 aromatic heterocycles. The van der Waals surface area contributed by atoms with Gasteiger partial charge in [0.1, 0.15) is 5.84 Å². The maximum atomic E-state index is 5.04. The van der Waals surface area contributed by atoms with Crippen LogP contribution < -0.4 is 0 Å². The van der Waals surface area contributed by atoms with Crippen molar-refractivity contribution in [2.75, 3.05) is 0 Å². The van der Waals surface area contributed by atoms with Gasteiger partial charge in [-0.15, -0.1) is 12.6 Å². The number of aliphatic imine (C=N–C) groups is 2. The van der Waals surface area contributed by atoms with E-state index < -0.39 is 0 Å². The minimum Gasteiger partial charge on any atom is -0.265 e. The van der Waals surface area contributed by atoms with Gasteiger partial charge < -0.3 is 0 Å². The summed E-state index contributed by atoms with van der Waals surface area (Å²) in [5.41, 5.74) is 15.7. The molecule has 0 bridgehead atoms. The minimum absolute atomic E-state index is 0.101. The molecule has 1 atom stereocenters. The third-order valence-electron chi connectivity index (χ3n) is 11.7. The van der Waals surface area contributed by atoms with Crippen molar-refractivity contribution in [1.29, 1.82) is 0 Å². The molecular weight excluding hydrogens is 673 g/mol. The first-order valence-corrected chi connectivity index (χ1v) is 19.8. The summed E-state index contributed by atoms with van der Waals surface area (Å²) in [6, 6.07) is 52.8. The van der Waals surface area contributed by atoms with E-state index in [1.807, 2.05) is 24.4 Å². The Morgan fingerprint density at radius 3 is 2.11 bits per heavy atom. The normalized spacial score (nSPS) is 17.4. The number of benzene rings is 6. The number of nitrogens with zero attached hydrogens (tertiary/aromatic N) is 2. The highest BCUT2D eigenvalue weighted by Crippen LogP contribution is 2.56. The van der Waals surface area contributed by atoms with E-state index in [9.17, 15) is 0 Å². The molecule has 9 rings (SSSR count). The SMILES string of the molecule is Sc1ccccc1CN=C(N=Cc1ccc(-c2cccc(-c3ccc4c(c3)-c3ccccc3C43CCCCC3)c2)cc1)C1C=CC(c2ccccc2)=CC1. The Kier molecular flexibility index (Phi) is 9.57. The van der Waals surface area contributed by atoms with E-state index in [0.29, 0.717) is 6.54 Å². The topological polar surface area (TPSA) is 24.7 Å². The molecule has 264 valence electrons. The third kappa shape index (κ3) is 6.74. The highest BCUT2D eigenvalue weighted by molar-refractivity contribution is 7.80. The van der Waals surface area contributed by atoms with Crippen LogP contribution in [0.2, 0.25) is 0 Å². The molecule has 3 aliphatic rings. The van der Waals surface area contributed by atoms with Crippen LogP contribution in [0.1, 0.15) is 66.3 Å². The van der Waals surface area contributed by atoms with Crippen LogP contribution >= 0.6 is 12.6 Å². The third-order valence-corrected chi connectivity index (χ3v) is 12.1. The van der Waals surface area contributed by atoms with Crippen molar-refractivity contribution in [3.8, 4) is 33.4 Å². The van der Waals surface area contributed by atoms with Gasteiger partial charge in [-0.2, -0.15) is 0 Å². The molecule has 6 aromatic carbocycles. The lowest BCUT2D eigenvalue weighted by atomic mass is 9.68. The number of thiol groups is 1. The predicted octanol–water partition coefficient (Wildman–Crippen LogP) is 13.2. The van der Waals surface area contributed by atoms with Crippen molar-refractivity contribution in [3.63, 3.8) is 0 Å². The fourth-order valence-corrected chi connectivity index (χ4v) is 9.07. The van der Waals surface area contributed by atoms with Crippen LogP contribution in [-0.4, -0.2) is 12.1 Å². The zero-order valence-corrected chi connectivity index (χ0v) is 31.4. The van der Waals surface area contributed by atoms with Gasteiger partial charge in [0, 0.05) is 22.4 Å². The number of hydrogen-bond acceptors (Lipinski definition) is 2. The second-order valence-electron chi connectivity index (χ2n) is 14.9.